The van der Waals surface area contributed by atoms with Crippen molar-refractivity contribution in [3.63, 3.8) is 0 Å². The maximum Gasteiger partial charge on any atom is 0.253 e. The van der Waals surface area contributed by atoms with Gasteiger partial charge in [0.15, 0.2) is 11.5 Å². The van der Waals surface area contributed by atoms with Gasteiger partial charge >= 0.3 is 0 Å². The number of para-hydroxylation sites is 1. The van der Waals surface area contributed by atoms with Crippen molar-refractivity contribution in [2.45, 2.75) is 13.0 Å². The average molecular weight is 441 g/mol. The molecule has 0 spiro atoms. The number of hydrogen-bond donors (Lipinski definition) is 2. The van der Waals surface area contributed by atoms with Crippen LogP contribution in [0.25, 0.3) is 0 Å². The summed E-state index contributed by atoms with van der Waals surface area (Å²) in [6.07, 6.45) is -0.251. The van der Waals surface area contributed by atoms with E-state index in [9.17, 15) is 14.0 Å². The second-order valence-corrected chi connectivity index (χ2v) is 7.25. The number of carbonyl (C=O) groups is 2. The summed E-state index contributed by atoms with van der Waals surface area (Å²) in [6.45, 7) is 0.443. The Hall–Kier alpha value is -3.58. The normalized spacial score (nSPS) is 11.8. The predicted molar refractivity (Wildman–Crippen MR) is 114 cm³/mol. The minimum Gasteiger partial charge on any atom is -0.454 e. The molecule has 3 aromatic carbocycles. The molecule has 1 aliphatic heterocycles. The monoisotopic (exact) mass is 440 g/mol. The summed E-state index contributed by atoms with van der Waals surface area (Å²) < 4.78 is 24.6. The van der Waals surface area contributed by atoms with E-state index in [2.05, 4.69) is 10.6 Å². The quantitative estimate of drug-likeness (QED) is 0.598. The molecule has 0 bridgehead atoms. The summed E-state index contributed by atoms with van der Waals surface area (Å²) >= 11 is 5.99. The molecule has 2 N–H and O–H groups in total. The summed E-state index contributed by atoms with van der Waals surface area (Å²) in [5.74, 6) is -0.109. The Balaban J connectivity index is 1.43. The smallest absolute Gasteiger partial charge is 0.253 e. The zero-order valence-electron chi connectivity index (χ0n) is 16.3. The van der Waals surface area contributed by atoms with E-state index in [1.165, 1.54) is 18.2 Å². The summed E-state index contributed by atoms with van der Waals surface area (Å²) in [5.41, 5.74) is 1.55. The average Bonchev–Trinajstić information content (AvgIpc) is 3.23. The Bertz CT molecular complexity index is 1130. The van der Waals surface area contributed by atoms with Gasteiger partial charge < -0.3 is 20.1 Å². The molecule has 0 saturated heterocycles. The Morgan fingerprint density at radius 3 is 2.65 bits per heavy atom. The molecule has 31 heavy (non-hydrogen) atoms. The lowest BCUT2D eigenvalue weighted by atomic mass is 10.1. The molecule has 4 rings (SSSR count). The molecule has 2 amide bonds. The summed E-state index contributed by atoms with van der Waals surface area (Å²) in [4.78, 5) is 25.2. The van der Waals surface area contributed by atoms with Crippen molar-refractivity contribution in [1.29, 1.82) is 0 Å². The topological polar surface area (TPSA) is 76.7 Å². The second kappa shape index (κ2) is 9.06. The van der Waals surface area contributed by atoms with Gasteiger partial charge in [0.1, 0.15) is 5.82 Å². The molecule has 1 aliphatic rings. The first-order valence-corrected chi connectivity index (χ1v) is 9.87. The lowest BCUT2D eigenvalue weighted by Crippen LogP contribution is -2.25. The second-order valence-electron chi connectivity index (χ2n) is 6.84. The van der Waals surface area contributed by atoms with Crippen molar-refractivity contribution in [3.05, 3.63) is 88.2 Å². The summed E-state index contributed by atoms with van der Waals surface area (Å²) in [7, 11) is 0. The Morgan fingerprint density at radius 1 is 1.00 bits per heavy atom. The maximum atomic E-state index is 14.0. The van der Waals surface area contributed by atoms with Crippen LogP contribution in [-0.2, 0) is 17.8 Å². The first-order valence-electron chi connectivity index (χ1n) is 9.50. The fraction of sp³-hybridized carbons (Fsp3) is 0.130. The van der Waals surface area contributed by atoms with Gasteiger partial charge in [-0.05, 0) is 42.0 Å². The largest absolute Gasteiger partial charge is 0.454 e. The lowest BCUT2D eigenvalue weighted by Gasteiger charge is -2.12. The number of benzene rings is 3. The predicted octanol–water partition coefficient (Wildman–Crippen LogP) is 4.32. The summed E-state index contributed by atoms with van der Waals surface area (Å²) in [5, 5.41) is 5.66. The number of amides is 2. The molecule has 0 unspecified atom stereocenters. The third-order valence-corrected chi connectivity index (χ3v) is 5.09. The van der Waals surface area contributed by atoms with Gasteiger partial charge in [-0.3, -0.25) is 9.59 Å². The number of carbonyl (C=O) groups excluding carboxylic acids is 2. The van der Waals surface area contributed by atoms with E-state index in [0.29, 0.717) is 17.2 Å². The fourth-order valence-electron chi connectivity index (χ4n) is 3.17. The molecule has 0 fully saturated rings. The first-order chi connectivity index (χ1) is 15.0. The first kappa shape index (κ1) is 20.7. The van der Waals surface area contributed by atoms with E-state index >= 15 is 0 Å². The van der Waals surface area contributed by atoms with Crippen LogP contribution in [0.3, 0.4) is 0 Å². The van der Waals surface area contributed by atoms with Crippen LogP contribution in [0.1, 0.15) is 21.5 Å². The van der Waals surface area contributed by atoms with E-state index in [-0.39, 0.29) is 41.8 Å². The van der Waals surface area contributed by atoms with Gasteiger partial charge in [-0.15, -0.1) is 0 Å². The number of nitrogens with one attached hydrogen (secondary N) is 2. The van der Waals surface area contributed by atoms with Crippen LogP contribution in [0.15, 0.2) is 60.7 Å². The SMILES string of the molecule is O=C(Cc1c(F)cccc1Cl)Nc1ccccc1C(=O)NCc1ccc2c(c1)OCO2. The van der Waals surface area contributed by atoms with E-state index in [1.807, 2.05) is 6.07 Å². The van der Waals surface area contributed by atoms with Gasteiger partial charge in [0.05, 0.1) is 17.7 Å². The Kier molecular flexibility index (Phi) is 6.04. The molecular weight excluding hydrogens is 423 g/mol. The van der Waals surface area contributed by atoms with Crippen molar-refractivity contribution >= 4 is 29.1 Å². The van der Waals surface area contributed by atoms with E-state index in [4.69, 9.17) is 21.1 Å². The number of halogens is 2. The van der Waals surface area contributed by atoms with Gasteiger partial charge in [0, 0.05) is 17.1 Å². The highest BCUT2D eigenvalue weighted by molar-refractivity contribution is 6.31. The maximum absolute atomic E-state index is 14.0. The highest BCUT2D eigenvalue weighted by atomic mass is 35.5. The number of rotatable bonds is 6. The van der Waals surface area contributed by atoms with Crippen molar-refractivity contribution < 1.29 is 23.5 Å². The highest BCUT2D eigenvalue weighted by Gasteiger charge is 2.17. The number of ether oxygens (including phenoxy) is 2. The molecule has 0 saturated carbocycles. The lowest BCUT2D eigenvalue weighted by molar-refractivity contribution is -0.115. The number of fused-ring (bicyclic) bond motifs is 1. The third kappa shape index (κ3) is 4.78. The van der Waals surface area contributed by atoms with E-state index in [1.54, 1.807) is 36.4 Å². The van der Waals surface area contributed by atoms with Crippen LogP contribution in [0, 0.1) is 5.82 Å². The Labute approximate surface area is 182 Å². The zero-order valence-corrected chi connectivity index (χ0v) is 17.0. The van der Waals surface area contributed by atoms with Gasteiger partial charge in [-0.25, -0.2) is 4.39 Å². The molecule has 1 heterocycles. The molecule has 158 valence electrons. The van der Waals surface area contributed by atoms with Crippen LogP contribution in [-0.4, -0.2) is 18.6 Å². The molecule has 0 atom stereocenters. The van der Waals surface area contributed by atoms with Gasteiger partial charge in [0.25, 0.3) is 5.91 Å². The molecule has 6 nitrogen and oxygen atoms in total. The summed E-state index contributed by atoms with van der Waals surface area (Å²) in [6, 6.07) is 16.2. The standard InChI is InChI=1S/C23H18ClFN2O4/c24-17-5-3-6-18(25)16(17)11-22(28)27-19-7-2-1-4-15(19)23(29)26-12-14-8-9-20-21(10-14)31-13-30-20/h1-10H,11-13H2,(H,26,29)(H,27,28). The molecule has 0 radical (unpaired) electrons. The van der Waals surface area contributed by atoms with Crippen LogP contribution in [0.4, 0.5) is 10.1 Å². The van der Waals surface area contributed by atoms with Crippen molar-refractivity contribution in [1.82, 2.24) is 5.32 Å². The van der Waals surface area contributed by atoms with Crippen LogP contribution >= 0.6 is 11.6 Å². The fourth-order valence-corrected chi connectivity index (χ4v) is 3.40. The number of anilines is 1. The molecule has 0 aromatic heterocycles. The zero-order chi connectivity index (χ0) is 21.8. The highest BCUT2D eigenvalue weighted by Crippen LogP contribution is 2.32. The molecule has 3 aromatic rings. The van der Waals surface area contributed by atoms with Crippen molar-refractivity contribution in [2.75, 3.05) is 12.1 Å². The van der Waals surface area contributed by atoms with Crippen LogP contribution in [0.2, 0.25) is 5.02 Å². The Morgan fingerprint density at radius 2 is 1.81 bits per heavy atom. The third-order valence-electron chi connectivity index (χ3n) is 4.73. The molecular formula is C23H18ClFN2O4. The van der Waals surface area contributed by atoms with Crippen LogP contribution in [0.5, 0.6) is 11.5 Å². The van der Waals surface area contributed by atoms with Gasteiger partial charge in [-0.1, -0.05) is 35.9 Å². The number of hydrogen-bond acceptors (Lipinski definition) is 4. The van der Waals surface area contributed by atoms with Crippen molar-refractivity contribution in [2.24, 2.45) is 0 Å². The minimum absolute atomic E-state index is 0.103. The van der Waals surface area contributed by atoms with E-state index < -0.39 is 11.7 Å². The van der Waals surface area contributed by atoms with Gasteiger partial charge in [0.2, 0.25) is 12.7 Å². The minimum atomic E-state index is -0.558. The van der Waals surface area contributed by atoms with Gasteiger partial charge in [-0.2, -0.15) is 0 Å². The molecule has 0 aliphatic carbocycles. The van der Waals surface area contributed by atoms with Crippen molar-refractivity contribution in [3.8, 4) is 11.5 Å². The van der Waals surface area contributed by atoms with E-state index in [0.717, 1.165) is 5.56 Å². The molecule has 8 heteroatoms. The van der Waals surface area contributed by atoms with Crippen LogP contribution < -0.4 is 20.1 Å².